The molecule has 1 aliphatic heterocycles. The first-order valence-electron chi connectivity index (χ1n) is 11.9. The van der Waals surface area contributed by atoms with Crippen molar-refractivity contribution in [1.82, 2.24) is 14.5 Å². The van der Waals surface area contributed by atoms with Crippen LogP contribution in [0, 0.1) is 0 Å². The number of aryl methyl sites for hydroxylation is 1. The summed E-state index contributed by atoms with van der Waals surface area (Å²) in [6, 6.07) is 15.4. The Balaban J connectivity index is 1.46. The van der Waals surface area contributed by atoms with Crippen LogP contribution in [0.2, 0.25) is 0 Å². The second-order valence-corrected chi connectivity index (χ2v) is 9.49. The van der Waals surface area contributed by atoms with Crippen molar-refractivity contribution in [2.24, 2.45) is 7.05 Å². The van der Waals surface area contributed by atoms with Crippen molar-refractivity contribution in [2.45, 2.75) is 25.3 Å². The summed E-state index contributed by atoms with van der Waals surface area (Å²) in [6.07, 6.45) is 7.47. The Bertz CT molecular complexity index is 1120. The van der Waals surface area contributed by atoms with E-state index in [2.05, 4.69) is 63.9 Å². The average Bonchev–Trinajstić information content (AvgIpc) is 3.45. The number of carbonyl (C=O) groups is 1. The summed E-state index contributed by atoms with van der Waals surface area (Å²) in [5.41, 5.74) is 5.67. The standard InChI is InChI=1S/C27H32Cl2N4O/c1-31-26-11-10-23(32(17-13-28)18-14-29)20-24(26)30-27(31)12-16-33-15-2-5-25(33)22-8-6-21(7-9-22)4-3-19-34/h3-4,6-11,19-20,25H,2,5,12-18H2,1H3/b4-3+. The van der Waals surface area contributed by atoms with E-state index < -0.39 is 0 Å². The molecular formula is C27H32Cl2N4O. The van der Waals surface area contributed by atoms with E-state index in [4.69, 9.17) is 28.2 Å². The van der Waals surface area contributed by atoms with Crippen molar-refractivity contribution in [2.75, 3.05) is 42.8 Å². The van der Waals surface area contributed by atoms with Gasteiger partial charge in [-0.25, -0.2) is 4.98 Å². The lowest BCUT2D eigenvalue weighted by Gasteiger charge is -2.24. The minimum absolute atomic E-state index is 0.435. The van der Waals surface area contributed by atoms with E-state index in [1.807, 2.05) is 6.08 Å². The Kier molecular flexibility index (Phi) is 8.65. The van der Waals surface area contributed by atoms with Gasteiger partial charge in [0.2, 0.25) is 0 Å². The molecule has 1 aliphatic rings. The predicted octanol–water partition coefficient (Wildman–Crippen LogP) is 5.45. The first kappa shape index (κ1) is 24.8. The quantitative estimate of drug-likeness (QED) is 0.200. The van der Waals surface area contributed by atoms with E-state index >= 15 is 0 Å². The van der Waals surface area contributed by atoms with E-state index in [0.717, 1.165) is 67.0 Å². The van der Waals surface area contributed by atoms with Crippen molar-refractivity contribution in [1.29, 1.82) is 0 Å². The molecule has 4 rings (SSSR count). The zero-order valence-electron chi connectivity index (χ0n) is 19.7. The molecule has 0 saturated carbocycles. The monoisotopic (exact) mass is 498 g/mol. The second kappa shape index (κ2) is 11.9. The number of hydrogen-bond donors (Lipinski definition) is 0. The van der Waals surface area contributed by atoms with Crippen molar-refractivity contribution >= 4 is 52.3 Å². The molecule has 1 fully saturated rings. The fourth-order valence-electron chi connectivity index (χ4n) is 4.93. The summed E-state index contributed by atoms with van der Waals surface area (Å²) in [5, 5.41) is 0. The fourth-order valence-corrected chi connectivity index (χ4v) is 5.34. The molecule has 0 N–H and O–H groups in total. The number of imidazole rings is 1. The molecule has 0 bridgehead atoms. The molecule has 0 aliphatic carbocycles. The summed E-state index contributed by atoms with van der Waals surface area (Å²) >= 11 is 12.0. The van der Waals surface area contributed by atoms with Gasteiger partial charge in [-0.1, -0.05) is 30.3 Å². The smallest absolute Gasteiger partial charge is 0.142 e. The molecule has 5 nitrogen and oxygen atoms in total. The van der Waals surface area contributed by atoms with E-state index in [1.165, 1.54) is 24.5 Å². The number of aromatic nitrogens is 2. The molecule has 34 heavy (non-hydrogen) atoms. The molecule has 3 aromatic rings. The number of rotatable bonds is 11. The number of aldehydes is 1. The molecule has 2 heterocycles. The summed E-state index contributed by atoms with van der Waals surface area (Å²) in [6.45, 7) is 3.62. The second-order valence-electron chi connectivity index (χ2n) is 8.73. The lowest BCUT2D eigenvalue weighted by atomic mass is 10.0. The van der Waals surface area contributed by atoms with Gasteiger partial charge in [-0.2, -0.15) is 0 Å². The Morgan fingerprint density at radius 2 is 1.88 bits per heavy atom. The Hall–Kier alpha value is -2.34. The molecule has 180 valence electrons. The van der Waals surface area contributed by atoms with Crippen LogP contribution in [-0.4, -0.2) is 58.7 Å². The van der Waals surface area contributed by atoms with Crippen LogP contribution in [0.3, 0.4) is 0 Å². The summed E-state index contributed by atoms with van der Waals surface area (Å²) < 4.78 is 2.21. The van der Waals surface area contributed by atoms with Gasteiger partial charge in [0.05, 0.1) is 11.0 Å². The van der Waals surface area contributed by atoms with Gasteiger partial charge >= 0.3 is 0 Å². The minimum atomic E-state index is 0.435. The molecule has 1 aromatic heterocycles. The zero-order chi connectivity index (χ0) is 23.9. The Morgan fingerprint density at radius 3 is 2.59 bits per heavy atom. The van der Waals surface area contributed by atoms with Crippen molar-refractivity contribution < 1.29 is 4.79 Å². The third-order valence-corrected chi connectivity index (χ3v) is 7.04. The topological polar surface area (TPSA) is 41.4 Å². The molecule has 1 unspecified atom stereocenters. The number of allylic oxidation sites excluding steroid dienone is 1. The average molecular weight is 499 g/mol. The minimum Gasteiger partial charge on any atom is -0.369 e. The molecule has 7 heteroatoms. The van der Waals surface area contributed by atoms with Gasteiger partial charge in [0, 0.05) is 56.6 Å². The number of nitrogens with zero attached hydrogens (tertiary/aromatic N) is 4. The lowest BCUT2D eigenvalue weighted by Crippen LogP contribution is -2.27. The predicted molar refractivity (Wildman–Crippen MR) is 143 cm³/mol. The van der Waals surface area contributed by atoms with Gasteiger partial charge in [-0.15, -0.1) is 23.2 Å². The molecule has 0 amide bonds. The zero-order valence-corrected chi connectivity index (χ0v) is 21.2. The van der Waals surface area contributed by atoms with Crippen LogP contribution >= 0.6 is 23.2 Å². The highest BCUT2D eigenvalue weighted by atomic mass is 35.5. The van der Waals surface area contributed by atoms with Gasteiger partial charge in [0.15, 0.2) is 0 Å². The summed E-state index contributed by atoms with van der Waals surface area (Å²) in [4.78, 5) is 20.3. The van der Waals surface area contributed by atoms with Crippen LogP contribution in [0.15, 0.2) is 48.5 Å². The lowest BCUT2D eigenvalue weighted by molar-refractivity contribution is -0.104. The highest BCUT2D eigenvalue weighted by Crippen LogP contribution is 2.32. The van der Waals surface area contributed by atoms with E-state index in [9.17, 15) is 4.79 Å². The highest BCUT2D eigenvalue weighted by Gasteiger charge is 2.26. The number of anilines is 1. The maximum absolute atomic E-state index is 10.6. The molecule has 1 atom stereocenters. The number of carbonyl (C=O) groups excluding carboxylic acids is 1. The van der Waals surface area contributed by atoms with Crippen molar-refractivity contribution in [3.8, 4) is 0 Å². The molecule has 0 spiro atoms. The largest absolute Gasteiger partial charge is 0.369 e. The molecule has 2 aromatic carbocycles. The van der Waals surface area contributed by atoms with E-state index in [-0.39, 0.29) is 0 Å². The maximum atomic E-state index is 10.6. The number of hydrogen-bond acceptors (Lipinski definition) is 4. The van der Waals surface area contributed by atoms with Crippen LogP contribution in [0.5, 0.6) is 0 Å². The third-order valence-electron chi connectivity index (χ3n) is 6.71. The van der Waals surface area contributed by atoms with Crippen molar-refractivity contribution in [3.63, 3.8) is 0 Å². The SMILES string of the molecule is Cn1c(CCN2CCCC2c2ccc(/C=C/C=O)cc2)nc2cc(N(CCCl)CCCl)ccc21. The van der Waals surface area contributed by atoms with E-state index in [0.29, 0.717) is 17.8 Å². The highest BCUT2D eigenvalue weighted by molar-refractivity contribution is 6.18. The van der Waals surface area contributed by atoms with Crippen LogP contribution in [0.1, 0.15) is 35.8 Å². The Morgan fingerprint density at radius 1 is 1.12 bits per heavy atom. The van der Waals surface area contributed by atoms with Gasteiger partial charge in [-0.05, 0) is 54.8 Å². The summed E-state index contributed by atoms with van der Waals surface area (Å²) in [7, 11) is 2.10. The molecular weight excluding hydrogens is 467 g/mol. The third kappa shape index (κ3) is 5.65. The van der Waals surface area contributed by atoms with Gasteiger partial charge in [0.1, 0.15) is 12.1 Å². The van der Waals surface area contributed by atoms with Crippen LogP contribution in [-0.2, 0) is 18.3 Å². The van der Waals surface area contributed by atoms with Crippen LogP contribution in [0.4, 0.5) is 5.69 Å². The first-order valence-corrected chi connectivity index (χ1v) is 13.0. The summed E-state index contributed by atoms with van der Waals surface area (Å²) in [5.74, 6) is 2.24. The molecule has 0 radical (unpaired) electrons. The number of fused-ring (bicyclic) bond motifs is 1. The van der Waals surface area contributed by atoms with Crippen molar-refractivity contribution in [3.05, 3.63) is 65.5 Å². The first-order chi connectivity index (χ1) is 16.6. The van der Waals surface area contributed by atoms with Gasteiger partial charge < -0.3 is 9.47 Å². The van der Waals surface area contributed by atoms with E-state index in [1.54, 1.807) is 0 Å². The maximum Gasteiger partial charge on any atom is 0.142 e. The number of halogens is 2. The van der Waals surface area contributed by atoms with Crippen LogP contribution < -0.4 is 4.90 Å². The molecule has 1 saturated heterocycles. The number of alkyl halides is 2. The van der Waals surface area contributed by atoms with Gasteiger partial charge in [0.25, 0.3) is 0 Å². The van der Waals surface area contributed by atoms with Crippen LogP contribution in [0.25, 0.3) is 17.1 Å². The van der Waals surface area contributed by atoms with Gasteiger partial charge in [-0.3, -0.25) is 9.69 Å². The normalized spacial score (nSPS) is 16.6. The fraction of sp³-hybridized carbons (Fsp3) is 0.407. The number of benzene rings is 2. The number of likely N-dealkylation sites (tertiary alicyclic amines) is 1. The Labute approximate surface area is 212 Å².